The van der Waals surface area contributed by atoms with Crippen molar-refractivity contribution in [2.45, 2.75) is 13.3 Å². The SMILES string of the molecule is CCCNCCNc1ccc2nnnn2n1. The van der Waals surface area contributed by atoms with Crippen molar-refractivity contribution in [2.24, 2.45) is 0 Å². The average molecular weight is 221 g/mol. The summed E-state index contributed by atoms with van der Waals surface area (Å²) in [5.74, 6) is 0.776. The van der Waals surface area contributed by atoms with Crippen LogP contribution in [0.5, 0.6) is 0 Å². The zero-order valence-electron chi connectivity index (χ0n) is 9.22. The van der Waals surface area contributed by atoms with Gasteiger partial charge in [0.25, 0.3) is 0 Å². The number of nitrogens with zero attached hydrogens (tertiary/aromatic N) is 5. The maximum Gasteiger partial charge on any atom is 0.200 e. The van der Waals surface area contributed by atoms with Crippen molar-refractivity contribution >= 4 is 11.5 Å². The molecule has 0 saturated heterocycles. The van der Waals surface area contributed by atoms with Gasteiger partial charge in [-0.2, -0.15) is 0 Å². The predicted octanol–water partition coefficient (Wildman–Crippen LogP) is -0.0692. The van der Waals surface area contributed by atoms with Crippen LogP contribution >= 0.6 is 0 Å². The number of anilines is 1. The third-order valence-corrected chi connectivity index (χ3v) is 2.10. The number of tetrazole rings is 1. The van der Waals surface area contributed by atoms with Gasteiger partial charge in [-0.1, -0.05) is 6.92 Å². The number of aromatic nitrogens is 5. The summed E-state index contributed by atoms with van der Waals surface area (Å²) in [5.41, 5.74) is 0.648. The van der Waals surface area contributed by atoms with Gasteiger partial charge in [0.05, 0.1) is 0 Å². The normalized spacial score (nSPS) is 10.8. The lowest BCUT2D eigenvalue weighted by Crippen LogP contribution is -2.23. The zero-order valence-corrected chi connectivity index (χ0v) is 9.22. The predicted molar refractivity (Wildman–Crippen MR) is 60.2 cm³/mol. The second kappa shape index (κ2) is 5.36. The molecule has 0 atom stereocenters. The van der Waals surface area contributed by atoms with Crippen LogP contribution in [0.25, 0.3) is 5.65 Å². The van der Waals surface area contributed by atoms with Crippen LogP contribution in [0, 0.1) is 0 Å². The monoisotopic (exact) mass is 221 g/mol. The molecule has 0 aliphatic carbocycles. The molecule has 0 bridgehead atoms. The first kappa shape index (κ1) is 10.7. The molecule has 0 radical (unpaired) electrons. The number of rotatable bonds is 6. The fraction of sp³-hybridized carbons (Fsp3) is 0.556. The smallest absolute Gasteiger partial charge is 0.200 e. The molecule has 7 heteroatoms. The molecule has 0 amide bonds. The van der Waals surface area contributed by atoms with Crippen LogP contribution in [0.3, 0.4) is 0 Å². The van der Waals surface area contributed by atoms with E-state index in [0.717, 1.165) is 31.9 Å². The number of hydrogen-bond acceptors (Lipinski definition) is 6. The van der Waals surface area contributed by atoms with Gasteiger partial charge in [0.1, 0.15) is 5.82 Å². The Balaban J connectivity index is 1.84. The summed E-state index contributed by atoms with van der Waals surface area (Å²) >= 11 is 0. The number of hydrogen-bond donors (Lipinski definition) is 2. The summed E-state index contributed by atoms with van der Waals surface area (Å²) in [6, 6.07) is 3.69. The highest BCUT2D eigenvalue weighted by molar-refractivity contribution is 5.41. The summed E-state index contributed by atoms with van der Waals surface area (Å²) in [6.07, 6.45) is 1.15. The summed E-state index contributed by atoms with van der Waals surface area (Å²) in [4.78, 5) is 0. The maximum absolute atomic E-state index is 4.19. The van der Waals surface area contributed by atoms with Gasteiger partial charge in [0.2, 0.25) is 0 Å². The Morgan fingerprint density at radius 2 is 2.19 bits per heavy atom. The molecule has 86 valence electrons. The van der Waals surface area contributed by atoms with Gasteiger partial charge in [-0.15, -0.1) is 14.8 Å². The molecule has 0 aliphatic heterocycles. The lowest BCUT2D eigenvalue weighted by atomic mass is 10.4. The molecule has 0 unspecified atom stereocenters. The van der Waals surface area contributed by atoms with E-state index in [4.69, 9.17) is 0 Å². The first-order valence-electron chi connectivity index (χ1n) is 5.40. The summed E-state index contributed by atoms with van der Waals surface area (Å²) < 4.78 is 1.40. The highest BCUT2D eigenvalue weighted by atomic mass is 15.6. The minimum atomic E-state index is 0.648. The molecular weight excluding hydrogens is 206 g/mol. The van der Waals surface area contributed by atoms with Crippen molar-refractivity contribution in [1.82, 2.24) is 30.6 Å². The minimum absolute atomic E-state index is 0.648. The van der Waals surface area contributed by atoms with Crippen molar-refractivity contribution in [3.8, 4) is 0 Å². The Hall–Kier alpha value is -1.76. The molecule has 2 aromatic rings. The van der Waals surface area contributed by atoms with E-state index in [1.807, 2.05) is 12.1 Å². The van der Waals surface area contributed by atoms with Gasteiger partial charge in [-0.05, 0) is 35.5 Å². The number of fused-ring (bicyclic) bond motifs is 1. The van der Waals surface area contributed by atoms with Crippen LogP contribution in [0.1, 0.15) is 13.3 Å². The van der Waals surface area contributed by atoms with Crippen LogP contribution in [0.15, 0.2) is 12.1 Å². The molecule has 0 aliphatic rings. The van der Waals surface area contributed by atoms with Gasteiger partial charge in [0, 0.05) is 13.1 Å². The molecule has 0 spiro atoms. The lowest BCUT2D eigenvalue weighted by molar-refractivity contribution is 0.683. The zero-order chi connectivity index (χ0) is 11.2. The molecule has 2 N–H and O–H groups in total. The topological polar surface area (TPSA) is 80.0 Å². The Morgan fingerprint density at radius 1 is 1.25 bits per heavy atom. The Labute approximate surface area is 93.2 Å². The third-order valence-electron chi connectivity index (χ3n) is 2.10. The standard InChI is InChI=1S/C9H15N7/c1-2-5-10-6-7-11-8-3-4-9-12-14-15-16(9)13-8/h3-4,10H,2,5-7H2,1H3,(H,11,13). The fourth-order valence-electron chi connectivity index (χ4n) is 1.32. The first-order chi connectivity index (χ1) is 7.90. The molecule has 0 fully saturated rings. The summed E-state index contributed by atoms with van der Waals surface area (Å²) in [6.45, 7) is 4.94. The second-order valence-corrected chi connectivity index (χ2v) is 3.42. The van der Waals surface area contributed by atoms with E-state index >= 15 is 0 Å². The van der Waals surface area contributed by atoms with Gasteiger partial charge in [0.15, 0.2) is 5.65 Å². The van der Waals surface area contributed by atoms with Gasteiger partial charge >= 0.3 is 0 Å². The van der Waals surface area contributed by atoms with E-state index < -0.39 is 0 Å². The minimum Gasteiger partial charge on any atom is -0.367 e. The van der Waals surface area contributed by atoms with Crippen LogP contribution < -0.4 is 10.6 Å². The van der Waals surface area contributed by atoms with E-state index in [1.165, 1.54) is 4.63 Å². The highest BCUT2D eigenvalue weighted by Gasteiger charge is 1.99. The Morgan fingerprint density at radius 3 is 3.06 bits per heavy atom. The molecule has 2 aromatic heterocycles. The largest absolute Gasteiger partial charge is 0.367 e. The molecular formula is C9H15N7. The molecule has 7 nitrogen and oxygen atoms in total. The van der Waals surface area contributed by atoms with Crippen molar-refractivity contribution in [2.75, 3.05) is 25.0 Å². The van der Waals surface area contributed by atoms with Crippen LogP contribution in [0.2, 0.25) is 0 Å². The average Bonchev–Trinajstić information content (AvgIpc) is 2.76. The first-order valence-corrected chi connectivity index (χ1v) is 5.40. The van der Waals surface area contributed by atoms with E-state index in [1.54, 1.807) is 0 Å². The van der Waals surface area contributed by atoms with Crippen molar-refractivity contribution in [3.05, 3.63) is 12.1 Å². The molecule has 0 saturated carbocycles. The second-order valence-electron chi connectivity index (χ2n) is 3.42. The molecule has 2 heterocycles. The van der Waals surface area contributed by atoms with Crippen LogP contribution in [-0.2, 0) is 0 Å². The van der Waals surface area contributed by atoms with Crippen LogP contribution in [-0.4, -0.2) is 44.9 Å². The molecule has 2 rings (SSSR count). The third kappa shape index (κ3) is 2.63. The summed E-state index contributed by atoms with van der Waals surface area (Å²) in [7, 11) is 0. The Kier molecular flexibility index (Phi) is 3.60. The molecule has 0 aromatic carbocycles. The van der Waals surface area contributed by atoms with Crippen LogP contribution in [0.4, 0.5) is 5.82 Å². The van der Waals surface area contributed by atoms with Gasteiger partial charge in [-0.25, -0.2) is 0 Å². The molecule has 16 heavy (non-hydrogen) atoms. The lowest BCUT2D eigenvalue weighted by Gasteiger charge is -2.05. The van der Waals surface area contributed by atoms with Gasteiger partial charge < -0.3 is 10.6 Å². The van der Waals surface area contributed by atoms with E-state index in [2.05, 4.69) is 38.2 Å². The highest BCUT2D eigenvalue weighted by Crippen LogP contribution is 2.01. The Bertz CT molecular complexity index is 438. The number of nitrogens with one attached hydrogen (secondary N) is 2. The van der Waals surface area contributed by atoms with E-state index in [0.29, 0.717) is 5.65 Å². The maximum atomic E-state index is 4.19. The van der Waals surface area contributed by atoms with Crippen molar-refractivity contribution in [1.29, 1.82) is 0 Å². The fourth-order valence-corrected chi connectivity index (χ4v) is 1.32. The van der Waals surface area contributed by atoms with Gasteiger partial charge in [-0.3, -0.25) is 0 Å². The van der Waals surface area contributed by atoms with Crippen molar-refractivity contribution in [3.63, 3.8) is 0 Å². The van der Waals surface area contributed by atoms with E-state index in [9.17, 15) is 0 Å². The quantitative estimate of drug-likeness (QED) is 0.665. The van der Waals surface area contributed by atoms with Crippen molar-refractivity contribution < 1.29 is 0 Å². The summed E-state index contributed by atoms with van der Waals surface area (Å²) in [5, 5.41) is 21.7. The van der Waals surface area contributed by atoms with E-state index in [-0.39, 0.29) is 0 Å².